The molecule has 0 saturated heterocycles. The van der Waals surface area contributed by atoms with Gasteiger partial charge in [0.1, 0.15) is 0 Å². The van der Waals surface area contributed by atoms with Crippen LogP contribution >= 0.6 is 0 Å². The van der Waals surface area contributed by atoms with Crippen LogP contribution in [-0.2, 0) is 0 Å². The van der Waals surface area contributed by atoms with Crippen LogP contribution in [0.1, 0.15) is 38.5 Å². The van der Waals surface area contributed by atoms with Gasteiger partial charge in [0.25, 0.3) is 0 Å². The minimum Gasteiger partial charge on any atom is -0.314 e. The van der Waals surface area contributed by atoms with Crippen LogP contribution in [0.15, 0.2) is 0 Å². The zero-order valence-corrected chi connectivity index (χ0v) is 8.47. The van der Waals surface area contributed by atoms with Crippen molar-refractivity contribution in [1.29, 1.82) is 0 Å². The molecule has 4 rings (SSSR count). The summed E-state index contributed by atoms with van der Waals surface area (Å²) in [5, 5.41) is 3.70. The van der Waals surface area contributed by atoms with E-state index < -0.39 is 0 Å². The Kier molecular flexibility index (Phi) is 1.03. The highest BCUT2D eigenvalue weighted by Crippen LogP contribution is 2.76. The average molecular weight is 177 g/mol. The van der Waals surface area contributed by atoms with Crippen LogP contribution in [-0.4, -0.2) is 12.6 Å². The van der Waals surface area contributed by atoms with E-state index in [0.717, 1.165) is 23.2 Å². The molecule has 72 valence electrons. The molecule has 0 heterocycles. The molecule has 0 aromatic carbocycles. The summed E-state index contributed by atoms with van der Waals surface area (Å²) in [6.07, 6.45) is 9.33. The van der Waals surface area contributed by atoms with Crippen molar-refractivity contribution in [3.63, 3.8) is 0 Å². The number of fused-ring (bicyclic) bond motifs is 2. The van der Waals surface area contributed by atoms with Crippen molar-refractivity contribution in [1.82, 2.24) is 5.32 Å². The van der Waals surface area contributed by atoms with Crippen LogP contribution in [0, 0.1) is 23.2 Å². The van der Waals surface area contributed by atoms with Gasteiger partial charge in [-0.25, -0.2) is 0 Å². The lowest BCUT2D eigenvalue weighted by molar-refractivity contribution is -0.0491. The predicted octanol–water partition coefficient (Wildman–Crippen LogP) is 2.17. The van der Waals surface area contributed by atoms with Gasteiger partial charge in [-0.3, -0.25) is 0 Å². The second-order valence-electron chi connectivity index (χ2n) is 6.21. The first-order chi connectivity index (χ1) is 6.28. The molecule has 0 aromatic rings. The highest BCUT2D eigenvalue weighted by atomic mass is 15.0. The highest BCUT2D eigenvalue weighted by Gasteiger charge is 2.73. The van der Waals surface area contributed by atoms with Gasteiger partial charge in [-0.05, 0) is 68.7 Å². The van der Waals surface area contributed by atoms with Crippen molar-refractivity contribution < 1.29 is 0 Å². The maximum absolute atomic E-state index is 3.70. The van der Waals surface area contributed by atoms with Crippen LogP contribution < -0.4 is 5.32 Å². The topological polar surface area (TPSA) is 12.0 Å². The van der Waals surface area contributed by atoms with E-state index in [1.807, 2.05) is 0 Å². The van der Waals surface area contributed by atoms with E-state index in [2.05, 4.69) is 12.4 Å². The molecular formula is C12H19N. The fourth-order valence-electron chi connectivity index (χ4n) is 5.83. The molecule has 0 amide bonds. The Hall–Kier alpha value is -0.0400. The van der Waals surface area contributed by atoms with E-state index in [1.165, 1.54) is 12.8 Å². The van der Waals surface area contributed by atoms with Gasteiger partial charge >= 0.3 is 0 Å². The third kappa shape index (κ3) is 0.562. The van der Waals surface area contributed by atoms with Crippen LogP contribution in [0.2, 0.25) is 0 Å². The standard InChI is InChI=1S/C12H19N/c1-13-12-6-9-2-8-3-10(7-12)11(12,4-8)5-9/h8-10,13H,2-7H2,1H3. The number of rotatable bonds is 1. The molecule has 4 fully saturated rings. The molecule has 1 heteroatoms. The van der Waals surface area contributed by atoms with Crippen molar-refractivity contribution in [2.75, 3.05) is 7.05 Å². The fourth-order valence-corrected chi connectivity index (χ4v) is 5.83. The summed E-state index contributed by atoms with van der Waals surface area (Å²) in [6.45, 7) is 0. The molecule has 3 bridgehead atoms. The lowest BCUT2D eigenvalue weighted by Crippen LogP contribution is -2.64. The number of hydrogen-bond acceptors (Lipinski definition) is 1. The average Bonchev–Trinajstić information content (AvgIpc) is 2.42. The quantitative estimate of drug-likeness (QED) is 0.647. The van der Waals surface area contributed by atoms with Crippen molar-refractivity contribution in [3.05, 3.63) is 0 Å². The normalized spacial score (nSPS) is 66.7. The summed E-state index contributed by atoms with van der Waals surface area (Å²) in [7, 11) is 2.21. The summed E-state index contributed by atoms with van der Waals surface area (Å²) in [4.78, 5) is 0. The second-order valence-corrected chi connectivity index (χ2v) is 6.21. The van der Waals surface area contributed by atoms with Gasteiger partial charge < -0.3 is 5.32 Å². The largest absolute Gasteiger partial charge is 0.314 e. The first-order valence-electron chi connectivity index (χ1n) is 5.97. The zero-order valence-electron chi connectivity index (χ0n) is 8.47. The SMILES string of the molecule is CNC12CC3CC4CC(C1)C2(C4)C3. The first kappa shape index (κ1) is 7.28. The van der Waals surface area contributed by atoms with Gasteiger partial charge in [0.05, 0.1) is 0 Å². The van der Waals surface area contributed by atoms with E-state index in [4.69, 9.17) is 0 Å². The van der Waals surface area contributed by atoms with E-state index in [9.17, 15) is 0 Å². The van der Waals surface area contributed by atoms with Crippen LogP contribution in [0.4, 0.5) is 0 Å². The lowest BCUT2D eigenvalue weighted by atomic mass is 9.51. The van der Waals surface area contributed by atoms with E-state index in [-0.39, 0.29) is 0 Å². The molecule has 4 aliphatic rings. The molecule has 13 heavy (non-hydrogen) atoms. The molecule has 5 unspecified atom stereocenters. The first-order valence-corrected chi connectivity index (χ1v) is 5.97. The highest BCUT2D eigenvalue weighted by molar-refractivity contribution is 5.27. The van der Waals surface area contributed by atoms with Crippen LogP contribution in [0.3, 0.4) is 0 Å². The predicted molar refractivity (Wildman–Crippen MR) is 52.4 cm³/mol. The molecule has 0 radical (unpaired) electrons. The fraction of sp³-hybridized carbons (Fsp3) is 1.00. The third-order valence-corrected chi connectivity index (χ3v) is 6.04. The number of nitrogens with one attached hydrogen (secondary N) is 1. The molecule has 5 atom stereocenters. The Morgan fingerprint density at radius 1 is 1.00 bits per heavy atom. The van der Waals surface area contributed by atoms with Gasteiger partial charge in [0.15, 0.2) is 0 Å². The van der Waals surface area contributed by atoms with Crippen molar-refractivity contribution in [3.8, 4) is 0 Å². The Bertz CT molecular complexity index is 266. The molecule has 0 aromatic heterocycles. The molecule has 1 nitrogen and oxygen atoms in total. The maximum Gasteiger partial charge on any atom is 0.0243 e. The monoisotopic (exact) mass is 177 g/mol. The van der Waals surface area contributed by atoms with E-state index in [1.54, 1.807) is 25.7 Å². The Balaban J connectivity index is 1.86. The molecular weight excluding hydrogens is 158 g/mol. The number of hydrogen-bond donors (Lipinski definition) is 1. The van der Waals surface area contributed by atoms with Gasteiger partial charge in [0, 0.05) is 5.54 Å². The zero-order chi connectivity index (χ0) is 8.68. The lowest BCUT2D eigenvalue weighted by Gasteiger charge is -2.59. The van der Waals surface area contributed by atoms with E-state index in [0.29, 0.717) is 5.54 Å². The van der Waals surface area contributed by atoms with Gasteiger partial charge in [-0.2, -0.15) is 0 Å². The Morgan fingerprint density at radius 3 is 2.69 bits per heavy atom. The van der Waals surface area contributed by atoms with E-state index >= 15 is 0 Å². The summed E-state index contributed by atoms with van der Waals surface area (Å²) in [5.74, 6) is 3.35. The van der Waals surface area contributed by atoms with Crippen molar-refractivity contribution in [2.24, 2.45) is 23.2 Å². The Morgan fingerprint density at radius 2 is 1.85 bits per heavy atom. The molecule has 0 aliphatic heterocycles. The Labute approximate surface area is 80.3 Å². The molecule has 4 aliphatic carbocycles. The summed E-state index contributed by atoms with van der Waals surface area (Å²) in [6, 6.07) is 0. The van der Waals surface area contributed by atoms with Crippen molar-refractivity contribution >= 4 is 0 Å². The minimum absolute atomic E-state index is 0.619. The van der Waals surface area contributed by atoms with Crippen LogP contribution in [0.25, 0.3) is 0 Å². The van der Waals surface area contributed by atoms with Crippen LogP contribution in [0.5, 0.6) is 0 Å². The van der Waals surface area contributed by atoms with Gasteiger partial charge in [-0.1, -0.05) is 0 Å². The smallest absolute Gasteiger partial charge is 0.0243 e. The summed E-state index contributed by atoms with van der Waals surface area (Å²) < 4.78 is 0. The second kappa shape index (κ2) is 1.84. The molecule has 1 spiro atoms. The summed E-state index contributed by atoms with van der Waals surface area (Å²) >= 11 is 0. The van der Waals surface area contributed by atoms with Crippen molar-refractivity contribution in [2.45, 2.75) is 44.1 Å². The minimum atomic E-state index is 0.619. The maximum atomic E-state index is 3.70. The van der Waals surface area contributed by atoms with Gasteiger partial charge in [-0.15, -0.1) is 0 Å². The molecule has 4 saturated carbocycles. The van der Waals surface area contributed by atoms with Gasteiger partial charge in [0.2, 0.25) is 0 Å². The summed E-state index contributed by atoms with van der Waals surface area (Å²) in [5.41, 5.74) is 1.42. The third-order valence-electron chi connectivity index (χ3n) is 6.04. The molecule has 1 N–H and O–H groups in total.